The van der Waals surface area contributed by atoms with Crippen LogP contribution in [0.3, 0.4) is 0 Å². The van der Waals surface area contributed by atoms with Crippen LogP contribution in [0.2, 0.25) is 0 Å². The van der Waals surface area contributed by atoms with Gasteiger partial charge in [-0.15, -0.1) is 0 Å². The van der Waals surface area contributed by atoms with Crippen molar-refractivity contribution in [1.29, 1.82) is 0 Å². The summed E-state index contributed by atoms with van der Waals surface area (Å²) in [5.41, 5.74) is 0. The smallest absolute Gasteiger partial charge is 0.263 e. The van der Waals surface area contributed by atoms with Crippen LogP contribution in [0.1, 0.15) is 19.3 Å². The Bertz CT molecular complexity index is 477. The molecule has 0 bridgehead atoms. The topological polar surface area (TPSA) is 55.2 Å². The van der Waals surface area contributed by atoms with Crippen LogP contribution in [-0.2, 0) is 17.1 Å². The van der Waals surface area contributed by atoms with Gasteiger partial charge in [-0.05, 0) is 28.8 Å². The van der Waals surface area contributed by atoms with Crippen molar-refractivity contribution in [3.8, 4) is 0 Å². The molecule has 16 heavy (non-hydrogen) atoms. The van der Waals surface area contributed by atoms with Gasteiger partial charge in [0.1, 0.15) is 4.60 Å². The third-order valence-electron chi connectivity index (χ3n) is 2.73. The van der Waals surface area contributed by atoms with Crippen LogP contribution >= 0.6 is 15.9 Å². The molecular formula is C9H14BrN3O2S. The predicted molar refractivity (Wildman–Crippen MR) is 63.5 cm³/mol. The minimum absolute atomic E-state index is 0.122. The van der Waals surface area contributed by atoms with Gasteiger partial charge >= 0.3 is 0 Å². The Morgan fingerprint density at radius 3 is 2.44 bits per heavy atom. The summed E-state index contributed by atoms with van der Waals surface area (Å²) in [6.45, 7) is 1.21. The first-order chi connectivity index (χ1) is 7.53. The molecule has 1 aliphatic rings. The van der Waals surface area contributed by atoms with Crippen molar-refractivity contribution in [3.63, 3.8) is 0 Å². The molecule has 0 spiro atoms. The Labute approximate surface area is 104 Å². The van der Waals surface area contributed by atoms with Gasteiger partial charge in [0, 0.05) is 20.1 Å². The number of hydrogen-bond acceptors (Lipinski definition) is 3. The Morgan fingerprint density at radius 2 is 1.94 bits per heavy atom. The van der Waals surface area contributed by atoms with E-state index in [2.05, 4.69) is 20.9 Å². The number of hydrogen-bond donors (Lipinski definition) is 0. The monoisotopic (exact) mass is 307 g/mol. The average Bonchev–Trinajstić information content (AvgIpc) is 2.61. The SMILES string of the molecule is Cn1cnc(S(=O)(=O)N2CCCCC2)c1Br. The highest BCUT2D eigenvalue weighted by atomic mass is 79.9. The Kier molecular flexibility index (Phi) is 3.37. The molecule has 0 radical (unpaired) electrons. The van der Waals surface area contributed by atoms with Crippen molar-refractivity contribution >= 4 is 26.0 Å². The molecule has 0 atom stereocenters. The van der Waals surface area contributed by atoms with E-state index >= 15 is 0 Å². The second-order valence-electron chi connectivity index (χ2n) is 3.92. The molecule has 0 aromatic carbocycles. The number of imidazole rings is 1. The van der Waals surface area contributed by atoms with E-state index in [1.807, 2.05) is 0 Å². The number of nitrogens with zero attached hydrogens (tertiary/aromatic N) is 3. The van der Waals surface area contributed by atoms with Crippen LogP contribution in [0.25, 0.3) is 0 Å². The molecule has 1 saturated heterocycles. The summed E-state index contributed by atoms with van der Waals surface area (Å²) in [6, 6.07) is 0. The van der Waals surface area contributed by atoms with Gasteiger partial charge < -0.3 is 4.57 Å². The number of aromatic nitrogens is 2. The van der Waals surface area contributed by atoms with Crippen molar-refractivity contribution in [2.45, 2.75) is 24.3 Å². The van der Waals surface area contributed by atoms with Crippen LogP contribution in [0.4, 0.5) is 0 Å². The normalized spacial score (nSPS) is 18.9. The maximum atomic E-state index is 12.2. The summed E-state index contributed by atoms with van der Waals surface area (Å²) in [5, 5.41) is 0.122. The van der Waals surface area contributed by atoms with Crippen LogP contribution in [0, 0.1) is 0 Å². The lowest BCUT2D eigenvalue weighted by Gasteiger charge is -2.24. The molecule has 1 fully saturated rings. The highest BCUT2D eigenvalue weighted by molar-refractivity contribution is 9.10. The second kappa shape index (κ2) is 4.46. The lowest BCUT2D eigenvalue weighted by Crippen LogP contribution is -2.36. The lowest BCUT2D eigenvalue weighted by molar-refractivity contribution is 0.345. The molecular weight excluding hydrogens is 294 g/mol. The van der Waals surface area contributed by atoms with Crippen LogP contribution in [0.15, 0.2) is 16.0 Å². The molecule has 0 aliphatic carbocycles. The van der Waals surface area contributed by atoms with Crippen molar-refractivity contribution in [1.82, 2.24) is 13.9 Å². The molecule has 0 saturated carbocycles. The van der Waals surface area contributed by atoms with Gasteiger partial charge in [-0.25, -0.2) is 13.4 Å². The maximum Gasteiger partial charge on any atom is 0.263 e. The van der Waals surface area contributed by atoms with Gasteiger partial charge in [0.25, 0.3) is 10.0 Å². The van der Waals surface area contributed by atoms with Gasteiger partial charge in [0.15, 0.2) is 0 Å². The number of piperidine rings is 1. The van der Waals surface area contributed by atoms with Gasteiger partial charge in [-0.2, -0.15) is 4.31 Å². The Balaban J connectivity index is 2.34. The minimum atomic E-state index is -3.42. The molecule has 7 heteroatoms. The van der Waals surface area contributed by atoms with Gasteiger partial charge in [-0.3, -0.25) is 0 Å². The number of aryl methyl sites for hydroxylation is 1. The van der Waals surface area contributed by atoms with E-state index in [1.165, 1.54) is 10.6 Å². The zero-order valence-corrected chi connectivity index (χ0v) is 11.5. The molecule has 0 unspecified atom stereocenters. The molecule has 1 aromatic heterocycles. The van der Waals surface area contributed by atoms with E-state index in [-0.39, 0.29) is 5.03 Å². The van der Waals surface area contributed by atoms with E-state index in [4.69, 9.17) is 0 Å². The summed E-state index contributed by atoms with van der Waals surface area (Å²) in [4.78, 5) is 3.95. The highest BCUT2D eigenvalue weighted by Gasteiger charge is 2.30. The zero-order valence-electron chi connectivity index (χ0n) is 9.06. The Hall–Kier alpha value is -0.400. The van der Waals surface area contributed by atoms with Crippen molar-refractivity contribution in [3.05, 3.63) is 10.9 Å². The average molecular weight is 308 g/mol. The van der Waals surface area contributed by atoms with Crippen molar-refractivity contribution in [2.24, 2.45) is 7.05 Å². The molecule has 2 rings (SSSR count). The number of rotatable bonds is 2. The van der Waals surface area contributed by atoms with Crippen LogP contribution in [-0.4, -0.2) is 35.4 Å². The highest BCUT2D eigenvalue weighted by Crippen LogP contribution is 2.25. The van der Waals surface area contributed by atoms with Crippen molar-refractivity contribution < 1.29 is 8.42 Å². The number of sulfonamides is 1. The zero-order chi connectivity index (χ0) is 11.8. The molecule has 1 aliphatic heterocycles. The number of halogens is 1. The first-order valence-corrected chi connectivity index (χ1v) is 7.44. The van der Waals surface area contributed by atoms with Gasteiger partial charge in [-0.1, -0.05) is 6.42 Å². The molecule has 5 nitrogen and oxygen atoms in total. The lowest BCUT2D eigenvalue weighted by atomic mass is 10.2. The first kappa shape index (κ1) is 12.1. The fraction of sp³-hybridized carbons (Fsp3) is 0.667. The molecule has 1 aromatic rings. The Morgan fingerprint density at radius 1 is 1.31 bits per heavy atom. The quantitative estimate of drug-likeness (QED) is 0.829. The van der Waals surface area contributed by atoms with E-state index in [9.17, 15) is 8.42 Å². The van der Waals surface area contributed by atoms with Gasteiger partial charge in [0.05, 0.1) is 6.33 Å². The van der Waals surface area contributed by atoms with E-state index < -0.39 is 10.0 Å². The minimum Gasteiger partial charge on any atom is -0.327 e. The third kappa shape index (κ3) is 2.03. The fourth-order valence-electron chi connectivity index (χ4n) is 1.79. The standard InChI is InChI=1S/C9H14BrN3O2S/c1-12-7-11-9(8(12)10)16(14,15)13-5-3-2-4-6-13/h7H,2-6H2,1H3. The summed E-state index contributed by atoms with van der Waals surface area (Å²) in [6.07, 6.45) is 4.48. The molecule has 90 valence electrons. The predicted octanol–water partition coefficient (Wildman–Crippen LogP) is 1.36. The van der Waals surface area contributed by atoms with Gasteiger partial charge in [0.2, 0.25) is 5.03 Å². The summed E-state index contributed by atoms with van der Waals surface area (Å²) < 4.78 is 28.2. The van der Waals surface area contributed by atoms with Crippen LogP contribution < -0.4 is 0 Å². The first-order valence-electron chi connectivity index (χ1n) is 5.20. The molecule has 2 heterocycles. The van der Waals surface area contributed by atoms with E-state index in [0.29, 0.717) is 17.7 Å². The largest absolute Gasteiger partial charge is 0.327 e. The second-order valence-corrected chi connectivity index (χ2v) is 6.52. The van der Waals surface area contributed by atoms with Crippen LogP contribution in [0.5, 0.6) is 0 Å². The molecule has 0 N–H and O–H groups in total. The summed E-state index contributed by atoms with van der Waals surface area (Å²) >= 11 is 3.25. The van der Waals surface area contributed by atoms with E-state index in [1.54, 1.807) is 11.6 Å². The maximum absolute atomic E-state index is 12.2. The molecule has 0 amide bonds. The van der Waals surface area contributed by atoms with Crippen molar-refractivity contribution in [2.75, 3.05) is 13.1 Å². The third-order valence-corrected chi connectivity index (χ3v) is 5.76. The fourth-order valence-corrected chi connectivity index (χ4v) is 4.12. The van der Waals surface area contributed by atoms with E-state index in [0.717, 1.165) is 19.3 Å². The summed E-state index contributed by atoms with van der Waals surface area (Å²) in [7, 11) is -1.66. The summed E-state index contributed by atoms with van der Waals surface area (Å²) in [5.74, 6) is 0.